The zero-order chi connectivity index (χ0) is 17.9. The third kappa shape index (κ3) is 4.20. The van der Waals surface area contributed by atoms with E-state index in [2.05, 4.69) is 14.8 Å². The van der Waals surface area contributed by atoms with Crippen LogP contribution in [0.2, 0.25) is 0 Å². The SMILES string of the molecule is COCS(=O)(=O)Nc1cccc(NC(=O)c2ccc3c(c2)OCO3)c1. The number of hydrogen-bond donors (Lipinski definition) is 2. The highest BCUT2D eigenvalue weighted by Crippen LogP contribution is 2.32. The van der Waals surface area contributed by atoms with Crippen molar-refractivity contribution in [2.75, 3.05) is 29.9 Å². The van der Waals surface area contributed by atoms with Crippen LogP contribution in [0.25, 0.3) is 0 Å². The lowest BCUT2D eigenvalue weighted by atomic mass is 10.2. The van der Waals surface area contributed by atoms with Crippen LogP contribution in [0.15, 0.2) is 42.5 Å². The molecule has 2 N–H and O–H groups in total. The second-order valence-electron chi connectivity index (χ2n) is 5.23. The third-order valence-electron chi connectivity index (χ3n) is 3.30. The molecular weight excluding hydrogens is 348 g/mol. The molecule has 0 spiro atoms. The zero-order valence-corrected chi connectivity index (χ0v) is 14.1. The molecule has 0 fully saturated rings. The Bertz CT molecular complexity index is 897. The van der Waals surface area contributed by atoms with E-state index >= 15 is 0 Å². The van der Waals surface area contributed by atoms with Gasteiger partial charge in [0, 0.05) is 18.4 Å². The van der Waals surface area contributed by atoms with Gasteiger partial charge in [-0.05, 0) is 36.4 Å². The van der Waals surface area contributed by atoms with Gasteiger partial charge in [0.1, 0.15) is 0 Å². The molecule has 1 aliphatic rings. The van der Waals surface area contributed by atoms with Crippen molar-refractivity contribution in [3.05, 3.63) is 48.0 Å². The van der Waals surface area contributed by atoms with E-state index in [1.54, 1.807) is 36.4 Å². The molecular formula is C16H16N2O6S. The molecule has 1 amide bonds. The number of carbonyl (C=O) groups is 1. The van der Waals surface area contributed by atoms with Crippen molar-refractivity contribution in [2.24, 2.45) is 0 Å². The first kappa shape index (κ1) is 17.1. The maximum absolute atomic E-state index is 12.3. The van der Waals surface area contributed by atoms with Crippen LogP contribution in [-0.4, -0.2) is 34.2 Å². The Balaban J connectivity index is 1.72. The van der Waals surface area contributed by atoms with Crippen LogP contribution in [0.1, 0.15) is 10.4 Å². The summed E-state index contributed by atoms with van der Waals surface area (Å²) in [6.07, 6.45) is 0. The number of sulfonamides is 1. The van der Waals surface area contributed by atoms with E-state index in [1.807, 2.05) is 0 Å². The van der Waals surface area contributed by atoms with Gasteiger partial charge < -0.3 is 19.5 Å². The molecule has 0 bridgehead atoms. The number of hydrogen-bond acceptors (Lipinski definition) is 6. The molecule has 0 saturated heterocycles. The van der Waals surface area contributed by atoms with Crippen molar-refractivity contribution >= 4 is 27.3 Å². The van der Waals surface area contributed by atoms with Gasteiger partial charge in [0.25, 0.3) is 15.9 Å². The van der Waals surface area contributed by atoms with Gasteiger partial charge in [0.15, 0.2) is 17.4 Å². The maximum atomic E-state index is 12.3. The molecule has 25 heavy (non-hydrogen) atoms. The van der Waals surface area contributed by atoms with Gasteiger partial charge in [-0.1, -0.05) is 6.07 Å². The Morgan fingerprint density at radius 2 is 1.88 bits per heavy atom. The van der Waals surface area contributed by atoms with E-state index in [0.29, 0.717) is 28.4 Å². The average Bonchev–Trinajstić information content (AvgIpc) is 3.02. The Morgan fingerprint density at radius 1 is 1.12 bits per heavy atom. The number of fused-ring (bicyclic) bond motifs is 1. The predicted octanol–water partition coefficient (Wildman–Crippen LogP) is 2.01. The molecule has 1 aliphatic heterocycles. The maximum Gasteiger partial charge on any atom is 0.257 e. The normalized spacial score (nSPS) is 12.7. The fourth-order valence-corrected chi connectivity index (χ4v) is 3.12. The predicted molar refractivity (Wildman–Crippen MR) is 91.4 cm³/mol. The minimum atomic E-state index is -3.60. The van der Waals surface area contributed by atoms with Crippen molar-refractivity contribution in [3.63, 3.8) is 0 Å². The monoisotopic (exact) mass is 364 g/mol. The minimum Gasteiger partial charge on any atom is -0.454 e. The molecule has 132 valence electrons. The number of nitrogens with one attached hydrogen (secondary N) is 2. The Labute approximate surface area is 144 Å². The van der Waals surface area contributed by atoms with Gasteiger partial charge in [-0.2, -0.15) is 0 Å². The summed E-state index contributed by atoms with van der Waals surface area (Å²) in [7, 11) is -2.31. The zero-order valence-electron chi connectivity index (χ0n) is 13.3. The van der Waals surface area contributed by atoms with Crippen LogP contribution < -0.4 is 19.5 Å². The van der Waals surface area contributed by atoms with Crippen LogP contribution in [-0.2, 0) is 14.8 Å². The van der Waals surface area contributed by atoms with E-state index < -0.39 is 16.0 Å². The summed E-state index contributed by atoms with van der Waals surface area (Å²) < 4.78 is 40.9. The molecule has 9 heteroatoms. The highest BCUT2D eigenvalue weighted by Gasteiger charge is 2.16. The molecule has 0 unspecified atom stereocenters. The van der Waals surface area contributed by atoms with Crippen LogP contribution in [0.3, 0.4) is 0 Å². The van der Waals surface area contributed by atoms with Gasteiger partial charge in [-0.25, -0.2) is 8.42 Å². The topological polar surface area (TPSA) is 103 Å². The number of ether oxygens (including phenoxy) is 3. The van der Waals surface area contributed by atoms with Gasteiger partial charge >= 0.3 is 0 Å². The van der Waals surface area contributed by atoms with E-state index in [1.165, 1.54) is 13.2 Å². The molecule has 2 aromatic rings. The summed E-state index contributed by atoms with van der Waals surface area (Å²) in [5.41, 5.74) is 1.16. The summed E-state index contributed by atoms with van der Waals surface area (Å²) in [4.78, 5) is 12.3. The van der Waals surface area contributed by atoms with Crippen LogP contribution in [0, 0.1) is 0 Å². The highest BCUT2D eigenvalue weighted by atomic mass is 32.2. The Morgan fingerprint density at radius 3 is 2.68 bits per heavy atom. The molecule has 0 aliphatic carbocycles. The number of anilines is 2. The lowest BCUT2D eigenvalue weighted by molar-refractivity contribution is 0.102. The molecule has 1 heterocycles. The molecule has 0 aromatic heterocycles. The number of amides is 1. The van der Waals surface area contributed by atoms with Gasteiger partial charge in [-0.15, -0.1) is 0 Å². The van der Waals surface area contributed by atoms with E-state index in [0.717, 1.165) is 0 Å². The van der Waals surface area contributed by atoms with Crippen LogP contribution >= 0.6 is 0 Å². The summed E-state index contributed by atoms with van der Waals surface area (Å²) >= 11 is 0. The molecule has 8 nitrogen and oxygen atoms in total. The lowest BCUT2D eigenvalue weighted by Gasteiger charge is -2.10. The van der Waals surface area contributed by atoms with Crippen molar-refractivity contribution < 1.29 is 27.4 Å². The first-order valence-corrected chi connectivity index (χ1v) is 8.92. The number of carbonyl (C=O) groups excluding carboxylic acids is 1. The lowest BCUT2D eigenvalue weighted by Crippen LogP contribution is -2.18. The largest absolute Gasteiger partial charge is 0.454 e. The summed E-state index contributed by atoms with van der Waals surface area (Å²) in [6.45, 7) is 0.129. The molecule has 3 rings (SSSR count). The second kappa shape index (κ2) is 6.99. The van der Waals surface area contributed by atoms with Gasteiger partial charge in [0.2, 0.25) is 6.79 Å². The minimum absolute atomic E-state index is 0.129. The number of benzene rings is 2. The van der Waals surface area contributed by atoms with Crippen LogP contribution in [0.5, 0.6) is 11.5 Å². The van der Waals surface area contributed by atoms with E-state index in [-0.39, 0.29) is 12.7 Å². The first-order chi connectivity index (χ1) is 12.0. The van der Waals surface area contributed by atoms with Gasteiger partial charge in [-0.3, -0.25) is 9.52 Å². The molecule has 0 radical (unpaired) electrons. The van der Waals surface area contributed by atoms with Gasteiger partial charge in [0.05, 0.1) is 5.69 Å². The second-order valence-corrected chi connectivity index (χ2v) is 6.90. The number of rotatable bonds is 6. The summed E-state index contributed by atoms with van der Waals surface area (Å²) in [6, 6.07) is 11.2. The number of methoxy groups -OCH3 is 1. The van der Waals surface area contributed by atoms with Crippen molar-refractivity contribution in [3.8, 4) is 11.5 Å². The molecule has 0 saturated carbocycles. The fraction of sp³-hybridized carbons (Fsp3) is 0.188. The molecule has 2 aromatic carbocycles. The Kier molecular flexibility index (Phi) is 4.77. The summed E-state index contributed by atoms with van der Waals surface area (Å²) in [5.74, 6) is 0.288. The average molecular weight is 364 g/mol. The van der Waals surface area contributed by atoms with E-state index in [4.69, 9.17) is 9.47 Å². The Hall–Kier alpha value is -2.78. The van der Waals surface area contributed by atoms with E-state index in [9.17, 15) is 13.2 Å². The smallest absolute Gasteiger partial charge is 0.257 e. The van der Waals surface area contributed by atoms with Crippen molar-refractivity contribution in [1.29, 1.82) is 0 Å². The standard InChI is InChI=1S/C16H16N2O6S/c1-22-10-25(20,21)18-13-4-2-3-12(8-13)17-16(19)11-5-6-14-15(7-11)24-9-23-14/h2-8,18H,9-10H2,1H3,(H,17,19). The summed E-state index contributed by atoms with van der Waals surface area (Å²) in [5, 5.41) is 2.71. The van der Waals surface area contributed by atoms with Crippen LogP contribution in [0.4, 0.5) is 11.4 Å². The van der Waals surface area contributed by atoms with Crippen molar-refractivity contribution in [1.82, 2.24) is 0 Å². The fourth-order valence-electron chi connectivity index (χ4n) is 2.27. The third-order valence-corrected chi connectivity index (χ3v) is 4.39. The quantitative estimate of drug-likeness (QED) is 0.813. The molecule has 0 atom stereocenters. The highest BCUT2D eigenvalue weighted by molar-refractivity contribution is 7.92. The first-order valence-electron chi connectivity index (χ1n) is 7.27. The van der Waals surface area contributed by atoms with Crippen molar-refractivity contribution in [2.45, 2.75) is 0 Å².